The van der Waals surface area contributed by atoms with Crippen LogP contribution in [0.5, 0.6) is 0 Å². The summed E-state index contributed by atoms with van der Waals surface area (Å²) in [6.45, 7) is 1.48. The zero-order chi connectivity index (χ0) is 14.4. The molecule has 2 rings (SSSR count). The van der Waals surface area contributed by atoms with Crippen molar-refractivity contribution in [1.29, 1.82) is 0 Å². The standard InChI is InChI=1S/C12H11F3O3S/c1-7(16)4-8-6-19(17,18)11-5-9(12(13,14)15)2-3-10(8)11/h2-3,5-7,16H,4H2,1H3. The van der Waals surface area contributed by atoms with Gasteiger partial charge in [0.25, 0.3) is 0 Å². The minimum Gasteiger partial charge on any atom is -0.393 e. The van der Waals surface area contributed by atoms with Crippen LogP contribution in [0.1, 0.15) is 24.5 Å². The van der Waals surface area contributed by atoms with Crippen LogP contribution in [-0.2, 0) is 16.0 Å². The van der Waals surface area contributed by atoms with Gasteiger partial charge in [0.1, 0.15) is 0 Å². The van der Waals surface area contributed by atoms with Crippen LogP contribution in [0.3, 0.4) is 0 Å². The van der Waals surface area contributed by atoms with Crippen LogP contribution in [0.15, 0.2) is 28.5 Å². The maximum Gasteiger partial charge on any atom is 0.416 e. The predicted molar refractivity (Wildman–Crippen MR) is 62.9 cm³/mol. The first-order valence-corrected chi connectivity index (χ1v) is 7.01. The zero-order valence-electron chi connectivity index (χ0n) is 9.90. The molecule has 1 unspecified atom stereocenters. The fraction of sp³-hybridized carbons (Fsp3) is 0.333. The lowest BCUT2D eigenvalue weighted by atomic mass is 10.0. The first-order valence-electron chi connectivity index (χ1n) is 5.46. The second-order valence-corrected chi connectivity index (χ2v) is 6.22. The second-order valence-electron chi connectivity index (χ2n) is 4.45. The Morgan fingerprint density at radius 3 is 2.47 bits per heavy atom. The molecular formula is C12H11F3O3S. The lowest BCUT2D eigenvalue weighted by molar-refractivity contribution is -0.137. The van der Waals surface area contributed by atoms with E-state index in [1.165, 1.54) is 6.92 Å². The van der Waals surface area contributed by atoms with Crippen LogP contribution in [0.4, 0.5) is 13.2 Å². The molecule has 1 aromatic carbocycles. The molecule has 0 saturated carbocycles. The highest BCUT2D eigenvalue weighted by atomic mass is 32.2. The van der Waals surface area contributed by atoms with Gasteiger partial charge >= 0.3 is 6.18 Å². The molecule has 1 aromatic rings. The van der Waals surface area contributed by atoms with Crippen molar-refractivity contribution in [3.8, 4) is 0 Å². The van der Waals surface area contributed by atoms with E-state index in [-0.39, 0.29) is 16.9 Å². The fourth-order valence-corrected chi connectivity index (χ4v) is 3.51. The minimum absolute atomic E-state index is 0.0809. The number of alkyl halides is 3. The van der Waals surface area contributed by atoms with Gasteiger partial charge in [0.15, 0.2) is 0 Å². The second kappa shape index (κ2) is 4.35. The number of sulfone groups is 1. The van der Waals surface area contributed by atoms with Gasteiger partial charge < -0.3 is 5.11 Å². The maximum absolute atomic E-state index is 12.6. The summed E-state index contributed by atoms with van der Waals surface area (Å²) in [6.07, 6.45) is -5.27. The SMILES string of the molecule is CC(O)CC1=CS(=O)(=O)c2cc(C(F)(F)F)ccc21. The predicted octanol–water partition coefficient (Wildman–Crippen LogP) is 2.60. The Hall–Kier alpha value is -1.34. The Morgan fingerprint density at radius 1 is 1.32 bits per heavy atom. The summed E-state index contributed by atoms with van der Waals surface area (Å²) in [5.74, 6) is 0. The lowest BCUT2D eigenvalue weighted by Gasteiger charge is -2.10. The third-order valence-electron chi connectivity index (χ3n) is 2.77. The average Bonchev–Trinajstić information content (AvgIpc) is 2.48. The smallest absolute Gasteiger partial charge is 0.393 e. The van der Waals surface area contributed by atoms with E-state index in [1.54, 1.807) is 0 Å². The van der Waals surface area contributed by atoms with Crippen molar-refractivity contribution in [1.82, 2.24) is 0 Å². The number of hydrogen-bond donors (Lipinski definition) is 1. The largest absolute Gasteiger partial charge is 0.416 e. The normalized spacial score (nSPS) is 18.9. The van der Waals surface area contributed by atoms with Crippen LogP contribution < -0.4 is 0 Å². The number of halogens is 3. The number of rotatable bonds is 2. The molecule has 3 nitrogen and oxygen atoms in total. The quantitative estimate of drug-likeness (QED) is 0.911. The van der Waals surface area contributed by atoms with Gasteiger partial charge in [-0.25, -0.2) is 8.42 Å². The lowest BCUT2D eigenvalue weighted by Crippen LogP contribution is -2.07. The third-order valence-corrected chi connectivity index (χ3v) is 4.32. The maximum atomic E-state index is 12.6. The summed E-state index contributed by atoms with van der Waals surface area (Å²) in [5.41, 5.74) is -0.436. The number of aliphatic hydroxyl groups excluding tert-OH is 1. The molecule has 0 spiro atoms. The highest BCUT2D eigenvalue weighted by Gasteiger charge is 2.35. The highest BCUT2D eigenvalue weighted by molar-refractivity contribution is 7.95. The molecule has 0 fully saturated rings. The van der Waals surface area contributed by atoms with Gasteiger partial charge in [-0.05, 0) is 36.6 Å². The summed E-state index contributed by atoms with van der Waals surface area (Å²) in [7, 11) is -3.86. The van der Waals surface area contributed by atoms with Crippen LogP contribution in [0, 0.1) is 0 Å². The van der Waals surface area contributed by atoms with Gasteiger partial charge in [0, 0.05) is 5.41 Å². The van der Waals surface area contributed by atoms with E-state index >= 15 is 0 Å². The van der Waals surface area contributed by atoms with Crippen molar-refractivity contribution in [2.75, 3.05) is 0 Å². The van der Waals surface area contributed by atoms with Crippen LogP contribution >= 0.6 is 0 Å². The molecule has 0 aliphatic carbocycles. The molecule has 1 aliphatic rings. The van der Waals surface area contributed by atoms with Gasteiger partial charge in [0.2, 0.25) is 9.84 Å². The number of benzene rings is 1. The van der Waals surface area contributed by atoms with Crippen molar-refractivity contribution in [3.05, 3.63) is 34.7 Å². The Balaban J connectivity index is 2.55. The molecule has 0 aromatic heterocycles. The van der Waals surface area contributed by atoms with Gasteiger partial charge in [0.05, 0.1) is 16.6 Å². The fourth-order valence-electron chi connectivity index (χ4n) is 1.99. The topological polar surface area (TPSA) is 54.4 Å². The van der Waals surface area contributed by atoms with Crippen LogP contribution in [-0.4, -0.2) is 19.6 Å². The zero-order valence-corrected chi connectivity index (χ0v) is 10.7. The summed E-state index contributed by atoms with van der Waals surface area (Å²) in [5, 5.41) is 10.2. The van der Waals surface area contributed by atoms with E-state index in [0.29, 0.717) is 11.6 Å². The molecule has 0 radical (unpaired) electrons. The first kappa shape index (κ1) is 14.1. The van der Waals surface area contributed by atoms with E-state index in [4.69, 9.17) is 0 Å². The van der Waals surface area contributed by atoms with Crippen molar-refractivity contribution < 1.29 is 26.7 Å². The number of fused-ring (bicyclic) bond motifs is 1. The summed E-state index contributed by atoms with van der Waals surface area (Å²) < 4.78 is 61.3. The Labute approximate surface area is 108 Å². The highest BCUT2D eigenvalue weighted by Crippen LogP contribution is 2.39. The molecule has 7 heteroatoms. The van der Waals surface area contributed by atoms with E-state index in [2.05, 4.69) is 0 Å². The van der Waals surface area contributed by atoms with Crippen molar-refractivity contribution in [3.63, 3.8) is 0 Å². The van der Waals surface area contributed by atoms with Gasteiger partial charge in [-0.3, -0.25) is 0 Å². The Kier molecular flexibility index (Phi) is 3.22. The molecule has 0 bridgehead atoms. The molecule has 0 saturated heterocycles. The molecular weight excluding hydrogens is 281 g/mol. The van der Waals surface area contributed by atoms with E-state index in [1.807, 2.05) is 0 Å². The molecule has 1 aliphatic heterocycles. The number of hydrogen-bond acceptors (Lipinski definition) is 3. The molecule has 19 heavy (non-hydrogen) atoms. The minimum atomic E-state index is -4.59. The van der Waals surface area contributed by atoms with Gasteiger partial charge in [-0.15, -0.1) is 0 Å². The van der Waals surface area contributed by atoms with Gasteiger partial charge in [-0.1, -0.05) is 6.07 Å². The third kappa shape index (κ3) is 2.66. The first-order chi connectivity index (χ1) is 8.61. The van der Waals surface area contributed by atoms with E-state index in [0.717, 1.165) is 17.5 Å². The van der Waals surface area contributed by atoms with E-state index in [9.17, 15) is 26.7 Å². The Morgan fingerprint density at radius 2 is 1.95 bits per heavy atom. The molecule has 0 amide bonds. The molecule has 1 N–H and O–H groups in total. The molecule has 104 valence electrons. The molecule has 1 atom stereocenters. The number of aliphatic hydroxyl groups is 1. The van der Waals surface area contributed by atoms with Gasteiger partial charge in [-0.2, -0.15) is 13.2 Å². The van der Waals surface area contributed by atoms with Crippen molar-refractivity contribution in [2.45, 2.75) is 30.5 Å². The monoisotopic (exact) mass is 292 g/mol. The van der Waals surface area contributed by atoms with Crippen molar-refractivity contribution in [2.24, 2.45) is 0 Å². The van der Waals surface area contributed by atoms with E-state index < -0.39 is 27.7 Å². The van der Waals surface area contributed by atoms with Crippen LogP contribution in [0.2, 0.25) is 0 Å². The summed E-state index contributed by atoms with van der Waals surface area (Å²) in [6, 6.07) is 2.61. The van der Waals surface area contributed by atoms with Crippen LogP contribution in [0.25, 0.3) is 5.57 Å². The summed E-state index contributed by atoms with van der Waals surface area (Å²) in [4.78, 5) is -0.349. The molecule has 1 heterocycles. The average molecular weight is 292 g/mol. The van der Waals surface area contributed by atoms with Crippen molar-refractivity contribution >= 4 is 15.4 Å². The Bertz CT molecular complexity index is 643. The summed E-state index contributed by atoms with van der Waals surface area (Å²) >= 11 is 0.